The molecule has 0 spiro atoms. The lowest BCUT2D eigenvalue weighted by Crippen LogP contribution is -2.82. The van der Waals surface area contributed by atoms with Gasteiger partial charge in [0.2, 0.25) is 0 Å². The Morgan fingerprint density at radius 2 is 1.22 bits per heavy atom. The second-order valence-corrected chi connectivity index (χ2v) is 14.4. The lowest BCUT2D eigenvalue weighted by Gasteiger charge is -2.42. The first-order valence-electron chi connectivity index (χ1n) is 7.35. The van der Waals surface area contributed by atoms with E-state index in [2.05, 4.69) is 66.8 Å². The van der Waals surface area contributed by atoms with Crippen LogP contribution in [0.4, 0.5) is 0 Å². The Morgan fingerprint density at radius 3 is 1.50 bits per heavy atom. The maximum atomic E-state index is 3.88. The first-order chi connectivity index (χ1) is 8.35. The van der Waals surface area contributed by atoms with Crippen molar-refractivity contribution in [3.63, 3.8) is 0 Å². The minimum atomic E-state index is -1.92. The summed E-state index contributed by atoms with van der Waals surface area (Å²) in [5.74, 6) is 0. The molecule has 0 aromatic carbocycles. The van der Waals surface area contributed by atoms with Gasteiger partial charge in [-0.15, -0.1) is 0 Å². The van der Waals surface area contributed by atoms with E-state index in [1.807, 2.05) is 0 Å². The predicted octanol–water partition coefficient (Wildman–Crippen LogP) is 1.45. The van der Waals surface area contributed by atoms with Crippen LogP contribution >= 0.6 is 0 Å². The Balaban J connectivity index is 4.94. The molecule has 0 aromatic rings. The van der Waals surface area contributed by atoms with Gasteiger partial charge in [-0.25, -0.2) is 0 Å². The highest BCUT2D eigenvalue weighted by Gasteiger charge is 2.39. The molecule has 0 saturated heterocycles. The normalized spacial score (nSPS) is 13.3. The summed E-state index contributed by atoms with van der Waals surface area (Å²) in [6.07, 6.45) is 1.16. The van der Waals surface area contributed by atoms with Crippen molar-refractivity contribution in [3.8, 4) is 0 Å². The van der Waals surface area contributed by atoms with Crippen LogP contribution in [0.15, 0.2) is 0 Å². The average molecular weight is 291 g/mol. The standard InChI is InChI=1S/C12H34N4Si2/c1-8-13-18(14-9-2,16(10-3)11-4)15-12-17(5,6)7/h13-15H,8-12H2,1-7H3. The van der Waals surface area contributed by atoms with Crippen LogP contribution in [0.25, 0.3) is 0 Å². The molecule has 0 heterocycles. The minimum absolute atomic E-state index is 1.01. The van der Waals surface area contributed by atoms with Crippen molar-refractivity contribution in [2.24, 2.45) is 0 Å². The summed E-state index contributed by atoms with van der Waals surface area (Å²) in [6, 6.07) is 0. The lowest BCUT2D eigenvalue weighted by atomic mass is 10.7. The molecule has 110 valence electrons. The third-order valence-corrected chi connectivity index (χ3v) is 8.57. The monoisotopic (exact) mass is 290 g/mol. The second kappa shape index (κ2) is 8.45. The van der Waals surface area contributed by atoms with Crippen LogP contribution in [0.3, 0.4) is 0 Å². The molecule has 0 bridgehead atoms. The molecule has 18 heavy (non-hydrogen) atoms. The van der Waals surface area contributed by atoms with E-state index < -0.39 is 16.8 Å². The molecular formula is C12H34N4Si2. The molecule has 0 fully saturated rings. The van der Waals surface area contributed by atoms with E-state index in [0.29, 0.717) is 0 Å². The quantitative estimate of drug-likeness (QED) is 0.533. The lowest BCUT2D eigenvalue weighted by molar-refractivity contribution is 0.419. The van der Waals surface area contributed by atoms with Crippen molar-refractivity contribution in [2.75, 3.05) is 32.3 Å². The van der Waals surface area contributed by atoms with Gasteiger partial charge in [0, 0.05) is 0 Å². The fourth-order valence-electron chi connectivity index (χ4n) is 2.13. The molecule has 0 atom stereocenters. The third-order valence-electron chi connectivity index (χ3n) is 2.98. The molecule has 6 heteroatoms. The topological polar surface area (TPSA) is 39.3 Å². The fourth-order valence-corrected chi connectivity index (χ4v) is 8.29. The molecule has 0 aromatic heterocycles. The summed E-state index contributed by atoms with van der Waals surface area (Å²) in [7, 11) is -3.00. The number of nitrogens with zero attached hydrogens (tertiary/aromatic N) is 1. The fraction of sp³-hybridized carbons (Fsp3) is 1.00. The van der Waals surface area contributed by atoms with Crippen LogP contribution in [-0.2, 0) is 0 Å². The van der Waals surface area contributed by atoms with Gasteiger partial charge in [0.25, 0.3) is 0 Å². The van der Waals surface area contributed by atoms with Gasteiger partial charge in [0.15, 0.2) is 0 Å². The summed E-state index contributed by atoms with van der Waals surface area (Å²) < 4.78 is 2.56. The summed E-state index contributed by atoms with van der Waals surface area (Å²) in [4.78, 5) is 11.4. The highest BCUT2D eigenvalue weighted by Crippen LogP contribution is 2.04. The van der Waals surface area contributed by atoms with Gasteiger partial charge in [-0.3, -0.25) is 4.57 Å². The largest absolute Gasteiger partial charge is 0.368 e. The second-order valence-electron chi connectivity index (χ2n) is 5.86. The van der Waals surface area contributed by atoms with Crippen LogP contribution in [0, 0.1) is 0 Å². The van der Waals surface area contributed by atoms with E-state index in [-0.39, 0.29) is 0 Å². The molecule has 4 nitrogen and oxygen atoms in total. The van der Waals surface area contributed by atoms with Gasteiger partial charge in [-0.05, 0) is 32.3 Å². The Kier molecular flexibility index (Phi) is 8.57. The number of hydrogen-bond donors (Lipinski definition) is 3. The Bertz CT molecular complexity index is 209. The molecule has 0 radical (unpaired) electrons. The van der Waals surface area contributed by atoms with Gasteiger partial charge in [0.05, 0.1) is 8.07 Å². The molecule has 0 aliphatic heterocycles. The van der Waals surface area contributed by atoms with Crippen LogP contribution in [0.5, 0.6) is 0 Å². The van der Waals surface area contributed by atoms with Crippen molar-refractivity contribution in [1.82, 2.24) is 19.5 Å². The van der Waals surface area contributed by atoms with Crippen LogP contribution in [0.2, 0.25) is 19.6 Å². The summed E-state index contributed by atoms with van der Waals surface area (Å²) in [6.45, 7) is 20.3. The van der Waals surface area contributed by atoms with Gasteiger partial charge >= 0.3 is 8.72 Å². The predicted molar refractivity (Wildman–Crippen MR) is 87.4 cm³/mol. The van der Waals surface area contributed by atoms with Crippen molar-refractivity contribution >= 4 is 16.8 Å². The van der Waals surface area contributed by atoms with E-state index in [9.17, 15) is 0 Å². The first-order valence-corrected chi connectivity index (χ1v) is 13.0. The van der Waals surface area contributed by atoms with E-state index >= 15 is 0 Å². The summed E-state index contributed by atoms with van der Waals surface area (Å²) in [5, 5.41) is 0. The van der Waals surface area contributed by atoms with Gasteiger partial charge in [0.1, 0.15) is 0 Å². The van der Waals surface area contributed by atoms with Crippen LogP contribution < -0.4 is 14.9 Å². The zero-order valence-electron chi connectivity index (χ0n) is 13.5. The van der Waals surface area contributed by atoms with Gasteiger partial charge < -0.3 is 14.9 Å². The molecule has 0 amide bonds. The Morgan fingerprint density at radius 1 is 0.778 bits per heavy atom. The van der Waals surface area contributed by atoms with Crippen molar-refractivity contribution < 1.29 is 0 Å². The van der Waals surface area contributed by atoms with E-state index in [0.717, 1.165) is 32.3 Å². The van der Waals surface area contributed by atoms with Crippen molar-refractivity contribution in [2.45, 2.75) is 47.3 Å². The molecule has 0 aliphatic carbocycles. The SMILES string of the molecule is CCN[Si](NCC)(NC[Si](C)(C)C)N(CC)CC. The maximum absolute atomic E-state index is 3.88. The molecule has 0 rings (SSSR count). The van der Waals surface area contributed by atoms with E-state index in [4.69, 9.17) is 0 Å². The summed E-state index contributed by atoms with van der Waals surface area (Å²) >= 11 is 0. The Labute approximate surface area is 116 Å². The first kappa shape index (κ1) is 18.3. The third kappa shape index (κ3) is 5.94. The van der Waals surface area contributed by atoms with Crippen LogP contribution in [-0.4, -0.2) is 53.7 Å². The molecule has 0 saturated carbocycles. The highest BCUT2D eigenvalue weighted by atomic mass is 28.4. The van der Waals surface area contributed by atoms with Crippen molar-refractivity contribution in [1.29, 1.82) is 0 Å². The van der Waals surface area contributed by atoms with Gasteiger partial charge in [-0.1, -0.05) is 47.3 Å². The maximum Gasteiger partial charge on any atom is 0.368 e. The molecule has 0 aliphatic rings. The zero-order chi connectivity index (χ0) is 14.2. The summed E-state index contributed by atoms with van der Waals surface area (Å²) in [5.41, 5.74) is 0. The Hall–Kier alpha value is 0.274. The molecule has 3 N–H and O–H groups in total. The number of nitrogens with one attached hydrogen (secondary N) is 3. The number of rotatable bonds is 10. The van der Waals surface area contributed by atoms with Gasteiger partial charge in [-0.2, -0.15) is 0 Å². The number of hydrogen-bond acceptors (Lipinski definition) is 4. The van der Waals surface area contributed by atoms with Crippen molar-refractivity contribution in [3.05, 3.63) is 0 Å². The average Bonchev–Trinajstić information content (AvgIpc) is 2.28. The smallest absolute Gasteiger partial charge is 0.303 e. The molecular weight excluding hydrogens is 256 g/mol. The zero-order valence-corrected chi connectivity index (χ0v) is 15.5. The van der Waals surface area contributed by atoms with E-state index in [1.165, 1.54) is 0 Å². The minimum Gasteiger partial charge on any atom is -0.303 e. The van der Waals surface area contributed by atoms with Crippen LogP contribution in [0.1, 0.15) is 27.7 Å². The molecule has 0 unspecified atom stereocenters. The van der Waals surface area contributed by atoms with E-state index in [1.54, 1.807) is 0 Å². The highest BCUT2D eigenvalue weighted by molar-refractivity contribution is 6.78.